The first kappa shape index (κ1) is 11.7. The Kier molecular flexibility index (Phi) is 7.91. The van der Waals surface area contributed by atoms with Crippen LogP contribution in [-0.2, 0) is 27.2 Å². The first-order chi connectivity index (χ1) is 3.66. The van der Waals surface area contributed by atoms with Crippen LogP contribution in [0.15, 0.2) is 12.7 Å². The van der Waals surface area contributed by atoms with Gasteiger partial charge >= 0.3 is 0 Å². The minimum atomic E-state index is -0.111. The van der Waals surface area contributed by atoms with Crippen LogP contribution in [0.5, 0.6) is 0 Å². The molecular formula is C6H11AuNO. The molecule has 0 rings (SSSR count). The topological polar surface area (TPSA) is 29.1 Å². The molecule has 0 aromatic rings. The minimum absolute atomic E-state index is 0. The predicted molar refractivity (Wildman–Crippen MR) is 33.5 cm³/mol. The summed E-state index contributed by atoms with van der Waals surface area (Å²) in [5.74, 6) is -0.111. The second kappa shape index (κ2) is 6.08. The van der Waals surface area contributed by atoms with Crippen LogP contribution in [0.25, 0.3) is 0 Å². The van der Waals surface area contributed by atoms with E-state index in [9.17, 15) is 4.79 Å². The Labute approximate surface area is 71.2 Å². The maximum absolute atomic E-state index is 10.4. The summed E-state index contributed by atoms with van der Waals surface area (Å²) in [5, 5.41) is 2.64. The van der Waals surface area contributed by atoms with Gasteiger partial charge in [0.15, 0.2) is 0 Å². The molecule has 57 valence electrons. The Balaban J connectivity index is 0. The molecule has 1 radical (unpaired) electrons. The Hall–Kier alpha value is -0.0497. The molecule has 0 aromatic heterocycles. The zero-order valence-electron chi connectivity index (χ0n) is 5.57. The molecular weight excluding hydrogens is 299 g/mol. The van der Waals surface area contributed by atoms with Crippen molar-refractivity contribution >= 4 is 5.91 Å². The van der Waals surface area contributed by atoms with E-state index in [-0.39, 0.29) is 34.3 Å². The number of hydrogen-bond acceptors (Lipinski definition) is 1. The van der Waals surface area contributed by atoms with Crippen LogP contribution in [0.4, 0.5) is 0 Å². The molecule has 0 aliphatic carbocycles. The van der Waals surface area contributed by atoms with Crippen molar-refractivity contribution in [3.05, 3.63) is 12.7 Å². The largest absolute Gasteiger partial charge is 0.350 e. The van der Waals surface area contributed by atoms with E-state index in [2.05, 4.69) is 11.9 Å². The molecule has 0 fully saturated rings. The molecule has 0 saturated carbocycles. The normalized spacial score (nSPS) is 7.89. The molecule has 0 aromatic carbocycles. The van der Waals surface area contributed by atoms with Crippen LogP contribution >= 0.6 is 0 Å². The van der Waals surface area contributed by atoms with E-state index in [0.717, 1.165) is 0 Å². The third-order valence-corrected chi connectivity index (χ3v) is 0.616. The number of carbonyl (C=O) groups excluding carboxylic acids is 1. The molecule has 1 N–H and O–H groups in total. The van der Waals surface area contributed by atoms with E-state index in [1.807, 2.05) is 13.8 Å². The fourth-order valence-electron chi connectivity index (χ4n) is 0.343. The third-order valence-electron chi connectivity index (χ3n) is 0.616. The van der Waals surface area contributed by atoms with Crippen LogP contribution in [0.2, 0.25) is 0 Å². The quantitative estimate of drug-likeness (QED) is 0.590. The second-order valence-corrected chi connectivity index (χ2v) is 1.87. The standard InChI is InChI=1S/C6H11NO.Au/c1-4-6(8)7-5(2)3;/h4-5H,1H2,2-3H3,(H,7,8);. The van der Waals surface area contributed by atoms with Gasteiger partial charge in [-0.1, -0.05) is 6.58 Å². The van der Waals surface area contributed by atoms with Crippen molar-refractivity contribution < 1.29 is 27.2 Å². The molecule has 1 amide bonds. The maximum atomic E-state index is 10.4. The van der Waals surface area contributed by atoms with Gasteiger partial charge in [0, 0.05) is 28.4 Å². The zero-order chi connectivity index (χ0) is 6.57. The summed E-state index contributed by atoms with van der Waals surface area (Å²) >= 11 is 0. The Morgan fingerprint density at radius 2 is 2.11 bits per heavy atom. The summed E-state index contributed by atoms with van der Waals surface area (Å²) in [6, 6.07) is 0.209. The molecule has 0 aliphatic heterocycles. The van der Waals surface area contributed by atoms with Gasteiger partial charge in [0.2, 0.25) is 5.91 Å². The van der Waals surface area contributed by atoms with Crippen molar-refractivity contribution in [3.63, 3.8) is 0 Å². The van der Waals surface area contributed by atoms with Crippen molar-refractivity contribution in [3.8, 4) is 0 Å². The smallest absolute Gasteiger partial charge is 0.243 e. The fourth-order valence-corrected chi connectivity index (χ4v) is 0.343. The molecule has 0 unspecified atom stereocenters. The predicted octanol–water partition coefficient (Wildman–Crippen LogP) is 0.694. The van der Waals surface area contributed by atoms with Gasteiger partial charge in [-0.15, -0.1) is 0 Å². The molecule has 0 atom stereocenters. The Morgan fingerprint density at radius 3 is 2.22 bits per heavy atom. The van der Waals surface area contributed by atoms with Gasteiger partial charge in [-0.25, -0.2) is 0 Å². The summed E-state index contributed by atoms with van der Waals surface area (Å²) < 4.78 is 0. The van der Waals surface area contributed by atoms with E-state index >= 15 is 0 Å². The van der Waals surface area contributed by atoms with E-state index in [4.69, 9.17) is 0 Å². The molecule has 2 nitrogen and oxygen atoms in total. The molecule has 0 heterocycles. The van der Waals surface area contributed by atoms with Gasteiger partial charge in [-0.05, 0) is 19.9 Å². The molecule has 9 heavy (non-hydrogen) atoms. The van der Waals surface area contributed by atoms with E-state index < -0.39 is 0 Å². The van der Waals surface area contributed by atoms with Gasteiger partial charge in [-0.3, -0.25) is 4.79 Å². The van der Waals surface area contributed by atoms with E-state index in [1.54, 1.807) is 0 Å². The summed E-state index contributed by atoms with van der Waals surface area (Å²) in [4.78, 5) is 10.4. The molecule has 0 spiro atoms. The van der Waals surface area contributed by atoms with Gasteiger partial charge in [0.1, 0.15) is 0 Å². The Morgan fingerprint density at radius 1 is 1.67 bits per heavy atom. The monoisotopic (exact) mass is 310 g/mol. The first-order valence-electron chi connectivity index (χ1n) is 2.59. The fraction of sp³-hybridized carbons (Fsp3) is 0.500. The number of rotatable bonds is 2. The summed E-state index contributed by atoms with van der Waals surface area (Å²) in [7, 11) is 0. The number of carbonyl (C=O) groups is 1. The van der Waals surface area contributed by atoms with Crippen molar-refractivity contribution in [1.82, 2.24) is 5.32 Å². The molecule has 0 bridgehead atoms. The molecule has 0 aliphatic rings. The van der Waals surface area contributed by atoms with E-state index in [1.165, 1.54) is 6.08 Å². The van der Waals surface area contributed by atoms with Crippen LogP contribution in [0.3, 0.4) is 0 Å². The molecule has 0 saturated heterocycles. The average molecular weight is 310 g/mol. The van der Waals surface area contributed by atoms with Crippen LogP contribution in [0.1, 0.15) is 13.8 Å². The van der Waals surface area contributed by atoms with Crippen molar-refractivity contribution in [2.24, 2.45) is 0 Å². The van der Waals surface area contributed by atoms with Crippen molar-refractivity contribution in [2.45, 2.75) is 19.9 Å². The average Bonchev–Trinajstić information content (AvgIpc) is 1.65. The van der Waals surface area contributed by atoms with Crippen LogP contribution < -0.4 is 5.32 Å². The van der Waals surface area contributed by atoms with Gasteiger partial charge in [0.05, 0.1) is 0 Å². The van der Waals surface area contributed by atoms with E-state index in [0.29, 0.717) is 0 Å². The van der Waals surface area contributed by atoms with Crippen molar-refractivity contribution in [1.29, 1.82) is 0 Å². The number of nitrogens with one attached hydrogen (secondary N) is 1. The minimum Gasteiger partial charge on any atom is -0.350 e. The maximum Gasteiger partial charge on any atom is 0.243 e. The summed E-state index contributed by atoms with van der Waals surface area (Å²) in [6.07, 6.45) is 1.26. The summed E-state index contributed by atoms with van der Waals surface area (Å²) in [6.45, 7) is 7.11. The van der Waals surface area contributed by atoms with Gasteiger partial charge < -0.3 is 5.32 Å². The third kappa shape index (κ3) is 7.95. The zero-order valence-corrected chi connectivity index (χ0v) is 7.74. The van der Waals surface area contributed by atoms with Gasteiger partial charge in [-0.2, -0.15) is 0 Å². The SMILES string of the molecule is C=CC(=O)NC(C)C.[Au]. The first-order valence-corrected chi connectivity index (χ1v) is 2.59. The van der Waals surface area contributed by atoms with Crippen molar-refractivity contribution in [2.75, 3.05) is 0 Å². The number of amides is 1. The Bertz CT molecular complexity index is 101. The van der Waals surface area contributed by atoms with Crippen LogP contribution in [0, 0.1) is 0 Å². The van der Waals surface area contributed by atoms with Crippen LogP contribution in [-0.4, -0.2) is 11.9 Å². The number of hydrogen-bond donors (Lipinski definition) is 1. The second-order valence-electron chi connectivity index (χ2n) is 1.87. The van der Waals surface area contributed by atoms with Gasteiger partial charge in [0.25, 0.3) is 0 Å². The molecule has 3 heteroatoms. The summed E-state index contributed by atoms with van der Waals surface area (Å²) in [5.41, 5.74) is 0.